The van der Waals surface area contributed by atoms with Gasteiger partial charge in [-0.2, -0.15) is 0 Å². The molecule has 1 N–H and O–H groups in total. The van der Waals surface area contributed by atoms with Crippen LogP contribution >= 0.6 is 0 Å². The standard InChI is InChI=1S/C26H30N6O3S/c1-3-22-26(33)31(2)23-17-28-24(30-25(23)32(22)19-9-7-8-10-19)21-13-14-27-15-18(21)16-29-36(34,35)20-11-5-4-6-12-20/h4-6,11-15,17,19,22,29H,3,7-10,16H2,1-2H3. The maximum absolute atomic E-state index is 13.1. The molecule has 5 rings (SSSR count). The summed E-state index contributed by atoms with van der Waals surface area (Å²) in [4.78, 5) is 31.0. The third kappa shape index (κ3) is 4.46. The molecule has 1 amide bonds. The molecule has 2 aromatic heterocycles. The summed E-state index contributed by atoms with van der Waals surface area (Å²) in [5.74, 6) is 1.30. The zero-order valence-corrected chi connectivity index (χ0v) is 21.3. The Morgan fingerprint density at radius 2 is 1.83 bits per heavy atom. The largest absolute Gasteiger partial charge is 0.340 e. The van der Waals surface area contributed by atoms with Crippen molar-refractivity contribution >= 4 is 27.4 Å². The number of benzene rings is 1. The zero-order chi connectivity index (χ0) is 25.3. The maximum atomic E-state index is 13.1. The van der Waals surface area contributed by atoms with Gasteiger partial charge in [0.2, 0.25) is 15.9 Å². The van der Waals surface area contributed by atoms with Gasteiger partial charge in [-0.3, -0.25) is 9.78 Å². The van der Waals surface area contributed by atoms with Gasteiger partial charge in [-0.05, 0) is 43.0 Å². The molecule has 9 nitrogen and oxygen atoms in total. The average Bonchev–Trinajstić information content (AvgIpc) is 3.44. The van der Waals surface area contributed by atoms with Crippen LogP contribution in [0.5, 0.6) is 0 Å². The van der Waals surface area contributed by atoms with E-state index in [1.165, 1.54) is 0 Å². The molecule has 188 valence electrons. The second kappa shape index (κ2) is 9.94. The van der Waals surface area contributed by atoms with Crippen LogP contribution in [-0.4, -0.2) is 48.4 Å². The van der Waals surface area contributed by atoms with Crippen molar-refractivity contribution in [2.45, 2.75) is 62.6 Å². The second-order valence-electron chi connectivity index (χ2n) is 9.24. The van der Waals surface area contributed by atoms with Gasteiger partial charge in [-0.15, -0.1) is 0 Å². The predicted molar refractivity (Wildman–Crippen MR) is 138 cm³/mol. The number of carbonyl (C=O) groups excluding carboxylic acids is 1. The molecule has 1 aliphatic carbocycles. The van der Waals surface area contributed by atoms with E-state index in [0.717, 1.165) is 31.5 Å². The molecular weight excluding hydrogens is 476 g/mol. The van der Waals surface area contributed by atoms with E-state index in [9.17, 15) is 13.2 Å². The zero-order valence-electron chi connectivity index (χ0n) is 20.5. The number of pyridine rings is 1. The predicted octanol–water partition coefficient (Wildman–Crippen LogP) is 3.52. The summed E-state index contributed by atoms with van der Waals surface area (Å²) < 4.78 is 28.2. The normalized spacial score (nSPS) is 18.5. The number of likely N-dealkylation sites (N-methyl/N-ethyl adjacent to an activating group) is 1. The van der Waals surface area contributed by atoms with E-state index in [2.05, 4.69) is 19.6 Å². The highest BCUT2D eigenvalue weighted by molar-refractivity contribution is 7.89. The lowest BCUT2D eigenvalue weighted by Gasteiger charge is -2.43. The molecule has 3 aromatic rings. The maximum Gasteiger partial charge on any atom is 0.249 e. The Kier molecular flexibility index (Phi) is 6.72. The monoisotopic (exact) mass is 506 g/mol. The van der Waals surface area contributed by atoms with Gasteiger partial charge in [-0.25, -0.2) is 23.1 Å². The first-order chi connectivity index (χ1) is 17.4. The van der Waals surface area contributed by atoms with Crippen LogP contribution < -0.4 is 14.5 Å². The minimum Gasteiger partial charge on any atom is -0.340 e. The number of carbonyl (C=O) groups is 1. The van der Waals surface area contributed by atoms with Crippen LogP contribution in [0.1, 0.15) is 44.6 Å². The average molecular weight is 507 g/mol. The number of aromatic nitrogens is 3. The summed E-state index contributed by atoms with van der Waals surface area (Å²) in [5, 5.41) is 0. The third-order valence-corrected chi connectivity index (χ3v) is 8.48. The molecule has 0 radical (unpaired) electrons. The van der Waals surface area contributed by atoms with Gasteiger partial charge >= 0.3 is 0 Å². The van der Waals surface area contributed by atoms with Crippen LogP contribution in [0.2, 0.25) is 0 Å². The van der Waals surface area contributed by atoms with E-state index in [1.807, 2.05) is 6.92 Å². The second-order valence-corrected chi connectivity index (χ2v) is 11.0. The number of hydrogen-bond acceptors (Lipinski definition) is 7. The van der Waals surface area contributed by atoms with Crippen molar-refractivity contribution < 1.29 is 13.2 Å². The van der Waals surface area contributed by atoms with Crippen molar-refractivity contribution in [2.75, 3.05) is 16.8 Å². The van der Waals surface area contributed by atoms with E-state index in [0.29, 0.717) is 29.1 Å². The van der Waals surface area contributed by atoms with Crippen LogP contribution in [0.15, 0.2) is 59.9 Å². The number of rotatable bonds is 7. The first-order valence-electron chi connectivity index (χ1n) is 12.3. The number of sulfonamides is 1. The summed E-state index contributed by atoms with van der Waals surface area (Å²) in [6, 6.07) is 10.1. The Morgan fingerprint density at radius 3 is 2.56 bits per heavy atom. The highest BCUT2D eigenvalue weighted by Gasteiger charge is 2.41. The Hall–Kier alpha value is -3.37. The minimum atomic E-state index is -3.69. The van der Waals surface area contributed by atoms with Crippen molar-refractivity contribution in [1.29, 1.82) is 0 Å². The van der Waals surface area contributed by atoms with Gasteiger partial charge in [-0.1, -0.05) is 38.0 Å². The van der Waals surface area contributed by atoms with E-state index in [1.54, 1.807) is 66.9 Å². The Morgan fingerprint density at radius 1 is 1.08 bits per heavy atom. The van der Waals surface area contributed by atoms with Crippen LogP contribution in [0.4, 0.5) is 11.5 Å². The number of hydrogen-bond donors (Lipinski definition) is 1. The lowest BCUT2D eigenvalue weighted by Crippen LogP contribution is -2.55. The fourth-order valence-corrected chi connectivity index (χ4v) is 6.18. The van der Waals surface area contributed by atoms with Crippen molar-refractivity contribution in [2.24, 2.45) is 0 Å². The molecule has 2 aliphatic rings. The fourth-order valence-electron chi connectivity index (χ4n) is 5.15. The molecule has 1 saturated carbocycles. The van der Waals surface area contributed by atoms with Crippen molar-refractivity contribution in [3.8, 4) is 11.4 Å². The molecular formula is C26H30N6O3S. The van der Waals surface area contributed by atoms with E-state index in [-0.39, 0.29) is 29.4 Å². The van der Waals surface area contributed by atoms with Crippen molar-refractivity contribution in [1.82, 2.24) is 19.7 Å². The summed E-state index contributed by atoms with van der Waals surface area (Å²) in [7, 11) is -1.91. The van der Waals surface area contributed by atoms with Crippen LogP contribution in [-0.2, 0) is 21.4 Å². The third-order valence-electron chi connectivity index (χ3n) is 7.06. The molecule has 1 fully saturated rings. The summed E-state index contributed by atoms with van der Waals surface area (Å²) in [6.07, 6.45) is 10.0. The quantitative estimate of drug-likeness (QED) is 0.522. The van der Waals surface area contributed by atoms with E-state index >= 15 is 0 Å². The summed E-state index contributed by atoms with van der Waals surface area (Å²) in [5.41, 5.74) is 2.06. The van der Waals surface area contributed by atoms with E-state index < -0.39 is 10.0 Å². The summed E-state index contributed by atoms with van der Waals surface area (Å²) in [6.45, 7) is 2.08. The first kappa shape index (κ1) is 24.3. The molecule has 3 heterocycles. The molecule has 1 unspecified atom stereocenters. The molecule has 0 saturated heterocycles. The highest BCUT2D eigenvalue weighted by Crippen LogP contribution is 2.40. The number of nitrogens with one attached hydrogen (secondary N) is 1. The number of amides is 1. The van der Waals surface area contributed by atoms with Crippen LogP contribution in [0.3, 0.4) is 0 Å². The Bertz CT molecular complexity index is 1360. The highest BCUT2D eigenvalue weighted by atomic mass is 32.2. The molecule has 36 heavy (non-hydrogen) atoms. The number of nitrogens with zero attached hydrogens (tertiary/aromatic N) is 5. The molecule has 1 atom stereocenters. The topological polar surface area (TPSA) is 108 Å². The van der Waals surface area contributed by atoms with Crippen molar-refractivity contribution in [3.05, 3.63) is 60.6 Å². The minimum absolute atomic E-state index is 0.0448. The van der Waals surface area contributed by atoms with Gasteiger partial charge in [0.1, 0.15) is 11.7 Å². The van der Waals surface area contributed by atoms with Crippen molar-refractivity contribution in [3.63, 3.8) is 0 Å². The van der Waals surface area contributed by atoms with Gasteiger partial charge in [0.15, 0.2) is 11.6 Å². The first-order valence-corrected chi connectivity index (χ1v) is 13.8. The Labute approximate surface area is 211 Å². The van der Waals surface area contributed by atoms with Crippen LogP contribution in [0.25, 0.3) is 11.4 Å². The number of fused-ring (bicyclic) bond motifs is 1. The fraction of sp³-hybridized carbons (Fsp3) is 0.385. The van der Waals surface area contributed by atoms with Gasteiger partial charge in [0, 0.05) is 37.6 Å². The SMILES string of the molecule is CCC1C(=O)N(C)c2cnc(-c3ccncc3CNS(=O)(=O)c3ccccc3)nc2N1C1CCCC1. The van der Waals surface area contributed by atoms with Gasteiger partial charge in [0.25, 0.3) is 0 Å². The lowest BCUT2D eigenvalue weighted by atomic mass is 10.0. The lowest BCUT2D eigenvalue weighted by molar-refractivity contribution is -0.120. The van der Waals surface area contributed by atoms with Gasteiger partial charge in [0.05, 0.1) is 11.1 Å². The number of anilines is 2. The molecule has 0 bridgehead atoms. The van der Waals surface area contributed by atoms with E-state index in [4.69, 9.17) is 4.98 Å². The molecule has 1 aliphatic heterocycles. The van der Waals surface area contributed by atoms with Gasteiger partial charge < -0.3 is 9.80 Å². The summed E-state index contributed by atoms with van der Waals surface area (Å²) >= 11 is 0. The molecule has 0 spiro atoms. The molecule has 1 aromatic carbocycles. The Balaban J connectivity index is 1.51. The smallest absolute Gasteiger partial charge is 0.249 e. The van der Waals surface area contributed by atoms with Crippen LogP contribution in [0, 0.1) is 0 Å². The molecule has 10 heteroatoms.